The Morgan fingerprint density at radius 1 is 1.21 bits per heavy atom. The van der Waals surface area contributed by atoms with Crippen molar-refractivity contribution in [2.75, 3.05) is 18.4 Å². The van der Waals surface area contributed by atoms with E-state index in [4.69, 9.17) is 5.26 Å². The Labute approximate surface area is 141 Å². The number of hydrogen-bond acceptors (Lipinski definition) is 4. The summed E-state index contributed by atoms with van der Waals surface area (Å²) in [5.74, 6) is 0.678. The number of hydrogen-bond donors (Lipinski definition) is 1. The summed E-state index contributed by atoms with van der Waals surface area (Å²) in [5.41, 5.74) is 2.75. The summed E-state index contributed by atoms with van der Waals surface area (Å²) >= 11 is 0. The van der Waals surface area contributed by atoms with Gasteiger partial charge in [0.1, 0.15) is 5.69 Å². The highest BCUT2D eigenvalue weighted by Gasteiger charge is 2.22. The van der Waals surface area contributed by atoms with E-state index in [0.717, 1.165) is 37.3 Å². The van der Waals surface area contributed by atoms with Crippen molar-refractivity contribution in [3.63, 3.8) is 0 Å². The van der Waals surface area contributed by atoms with Crippen molar-refractivity contribution in [1.29, 1.82) is 5.26 Å². The first kappa shape index (κ1) is 16.0. The van der Waals surface area contributed by atoms with Gasteiger partial charge in [0.15, 0.2) is 0 Å². The molecule has 1 saturated heterocycles. The Balaban J connectivity index is 1.71. The molecule has 2 heterocycles. The predicted octanol–water partition coefficient (Wildman–Crippen LogP) is 3.57. The summed E-state index contributed by atoms with van der Waals surface area (Å²) in [6.45, 7) is 3.83. The van der Waals surface area contributed by atoms with E-state index in [2.05, 4.69) is 23.3 Å². The molecular formula is C19H20N4O. The maximum Gasteiger partial charge on any atom is 0.272 e. The smallest absolute Gasteiger partial charge is 0.272 e. The van der Waals surface area contributed by atoms with E-state index in [1.807, 2.05) is 23.1 Å². The Bertz CT molecular complexity index is 756. The minimum atomic E-state index is -0.00891. The van der Waals surface area contributed by atoms with E-state index in [1.165, 1.54) is 0 Å². The molecule has 2 aromatic rings. The van der Waals surface area contributed by atoms with Gasteiger partial charge in [0, 0.05) is 30.7 Å². The Morgan fingerprint density at radius 3 is 2.58 bits per heavy atom. The number of aromatic nitrogens is 1. The van der Waals surface area contributed by atoms with Gasteiger partial charge >= 0.3 is 0 Å². The number of anilines is 2. The van der Waals surface area contributed by atoms with Crippen LogP contribution in [0.1, 0.15) is 35.8 Å². The summed E-state index contributed by atoms with van der Waals surface area (Å²) in [4.78, 5) is 18.7. The average molecular weight is 320 g/mol. The number of nitriles is 1. The van der Waals surface area contributed by atoms with Crippen molar-refractivity contribution < 1.29 is 4.79 Å². The fraction of sp³-hybridized carbons (Fsp3) is 0.316. The topological polar surface area (TPSA) is 69.0 Å². The molecule has 0 spiro atoms. The number of carbonyl (C=O) groups is 1. The van der Waals surface area contributed by atoms with Crippen LogP contribution in [0.3, 0.4) is 0 Å². The van der Waals surface area contributed by atoms with E-state index in [1.54, 1.807) is 24.4 Å². The lowest BCUT2D eigenvalue weighted by molar-refractivity contribution is 0.0691. The minimum Gasteiger partial charge on any atom is -0.355 e. The molecule has 0 bridgehead atoms. The van der Waals surface area contributed by atoms with E-state index in [9.17, 15) is 4.79 Å². The van der Waals surface area contributed by atoms with Crippen LogP contribution in [0.2, 0.25) is 0 Å². The molecule has 1 N–H and O–H groups in total. The first-order valence-corrected chi connectivity index (χ1v) is 8.18. The van der Waals surface area contributed by atoms with Gasteiger partial charge in [-0.1, -0.05) is 6.92 Å². The van der Waals surface area contributed by atoms with Crippen LogP contribution >= 0.6 is 0 Å². The highest BCUT2D eigenvalue weighted by molar-refractivity contribution is 5.93. The van der Waals surface area contributed by atoms with Crippen LogP contribution in [0.4, 0.5) is 11.4 Å². The molecule has 0 atom stereocenters. The maximum atomic E-state index is 12.6. The third-order valence-electron chi connectivity index (χ3n) is 4.35. The number of pyridine rings is 1. The number of rotatable bonds is 3. The average Bonchev–Trinajstić information content (AvgIpc) is 2.63. The number of nitrogens with zero attached hydrogens (tertiary/aromatic N) is 3. The van der Waals surface area contributed by atoms with Gasteiger partial charge in [0.25, 0.3) is 5.91 Å². The zero-order valence-electron chi connectivity index (χ0n) is 13.7. The molecule has 1 aliphatic rings. The fourth-order valence-corrected chi connectivity index (χ4v) is 2.79. The van der Waals surface area contributed by atoms with Gasteiger partial charge in [0.2, 0.25) is 0 Å². The van der Waals surface area contributed by atoms with Crippen LogP contribution in [0.25, 0.3) is 0 Å². The highest BCUT2D eigenvalue weighted by atomic mass is 16.2. The van der Waals surface area contributed by atoms with Crippen LogP contribution in [-0.4, -0.2) is 28.9 Å². The molecule has 122 valence electrons. The van der Waals surface area contributed by atoms with Crippen molar-refractivity contribution in [1.82, 2.24) is 9.88 Å². The molecular weight excluding hydrogens is 300 g/mol. The molecule has 0 saturated carbocycles. The van der Waals surface area contributed by atoms with Crippen LogP contribution in [0.15, 0.2) is 42.6 Å². The molecule has 5 nitrogen and oxygen atoms in total. The van der Waals surface area contributed by atoms with Crippen molar-refractivity contribution in [3.05, 3.63) is 53.9 Å². The molecule has 1 amide bonds. The first-order chi connectivity index (χ1) is 11.7. The van der Waals surface area contributed by atoms with Crippen LogP contribution < -0.4 is 5.32 Å². The molecule has 1 aliphatic heterocycles. The van der Waals surface area contributed by atoms with Crippen molar-refractivity contribution in [2.24, 2.45) is 5.92 Å². The van der Waals surface area contributed by atoms with Gasteiger partial charge < -0.3 is 10.2 Å². The second-order valence-electron chi connectivity index (χ2n) is 6.22. The predicted molar refractivity (Wildman–Crippen MR) is 93.0 cm³/mol. The van der Waals surface area contributed by atoms with Crippen LogP contribution in [-0.2, 0) is 0 Å². The monoisotopic (exact) mass is 320 g/mol. The van der Waals surface area contributed by atoms with Crippen molar-refractivity contribution in [2.45, 2.75) is 19.8 Å². The lowest BCUT2D eigenvalue weighted by Crippen LogP contribution is -2.38. The quantitative estimate of drug-likeness (QED) is 0.938. The molecule has 0 unspecified atom stereocenters. The van der Waals surface area contributed by atoms with Crippen molar-refractivity contribution >= 4 is 17.3 Å². The van der Waals surface area contributed by atoms with Gasteiger partial charge in [-0.2, -0.15) is 5.26 Å². The molecule has 1 fully saturated rings. The van der Waals surface area contributed by atoms with Gasteiger partial charge in [-0.25, -0.2) is 0 Å². The standard InChI is InChI=1S/C19H20N4O/c1-14-7-10-23(11-8-14)19(24)18-12-17(6-9-21-18)22-16-4-2-15(13-20)3-5-16/h2-6,9,12,14H,7-8,10-11H2,1H3,(H,21,22). The molecule has 1 aromatic heterocycles. The summed E-state index contributed by atoms with van der Waals surface area (Å²) in [7, 11) is 0. The van der Waals surface area contributed by atoms with E-state index in [-0.39, 0.29) is 5.91 Å². The minimum absolute atomic E-state index is 0.00891. The summed E-state index contributed by atoms with van der Waals surface area (Å²) in [6, 6.07) is 12.9. The lowest BCUT2D eigenvalue weighted by atomic mass is 9.99. The molecule has 1 aromatic carbocycles. The third kappa shape index (κ3) is 3.72. The number of amides is 1. The largest absolute Gasteiger partial charge is 0.355 e. The van der Waals surface area contributed by atoms with Gasteiger partial charge in [-0.3, -0.25) is 9.78 Å². The number of benzene rings is 1. The zero-order valence-corrected chi connectivity index (χ0v) is 13.7. The number of piperidine rings is 1. The lowest BCUT2D eigenvalue weighted by Gasteiger charge is -2.30. The molecule has 3 rings (SSSR count). The molecule has 24 heavy (non-hydrogen) atoms. The van der Waals surface area contributed by atoms with Crippen LogP contribution in [0.5, 0.6) is 0 Å². The molecule has 0 aliphatic carbocycles. The second-order valence-corrected chi connectivity index (χ2v) is 6.22. The Hall–Kier alpha value is -2.87. The van der Waals surface area contributed by atoms with E-state index >= 15 is 0 Å². The zero-order chi connectivity index (χ0) is 16.9. The van der Waals surface area contributed by atoms with Gasteiger partial charge in [-0.05, 0) is 55.2 Å². The Kier molecular flexibility index (Phi) is 4.76. The highest BCUT2D eigenvalue weighted by Crippen LogP contribution is 2.20. The van der Waals surface area contributed by atoms with Gasteiger partial charge in [0.05, 0.1) is 11.6 Å². The third-order valence-corrected chi connectivity index (χ3v) is 4.35. The SMILES string of the molecule is CC1CCN(C(=O)c2cc(Nc3ccc(C#N)cc3)ccn2)CC1. The van der Waals surface area contributed by atoms with Crippen LogP contribution in [0, 0.1) is 17.2 Å². The molecule has 0 radical (unpaired) electrons. The maximum absolute atomic E-state index is 12.6. The normalized spacial score (nSPS) is 14.9. The first-order valence-electron chi connectivity index (χ1n) is 8.18. The Morgan fingerprint density at radius 2 is 1.92 bits per heavy atom. The fourth-order valence-electron chi connectivity index (χ4n) is 2.79. The second kappa shape index (κ2) is 7.14. The summed E-state index contributed by atoms with van der Waals surface area (Å²) in [5, 5.41) is 12.1. The summed E-state index contributed by atoms with van der Waals surface area (Å²) < 4.78 is 0. The number of carbonyl (C=O) groups excluding carboxylic acids is 1. The number of nitrogens with one attached hydrogen (secondary N) is 1. The van der Waals surface area contributed by atoms with Crippen molar-refractivity contribution in [3.8, 4) is 6.07 Å². The van der Waals surface area contributed by atoms with E-state index < -0.39 is 0 Å². The summed E-state index contributed by atoms with van der Waals surface area (Å²) in [6.07, 6.45) is 3.75. The van der Waals surface area contributed by atoms with E-state index in [0.29, 0.717) is 17.2 Å². The molecule has 5 heteroatoms. The van der Waals surface area contributed by atoms with Gasteiger partial charge in [-0.15, -0.1) is 0 Å². The number of likely N-dealkylation sites (tertiary alicyclic amines) is 1.